The molecule has 0 spiro atoms. The van der Waals surface area contributed by atoms with E-state index in [2.05, 4.69) is 70.9 Å². The van der Waals surface area contributed by atoms with Crippen molar-refractivity contribution >= 4 is 186 Å². The van der Waals surface area contributed by atoms with E-state index in [1.165, 1.54) is 73.2 Å². The summed E-state index contributed by atoms with van der Waals surface area (Å²) in [5.41, 5.74) is 2.69. The highest BCUT2D eigenvalue weighted by Gasteiger charge is 2.28. The van der Waals surface area contributed by atoms with Gasteiger partial charge in [-0.15, -0.1) is 47.0 Å². The number of hydrogen-bond donors (Lipinski definition) is 0. The number of thioether (sulfide) groups is 12. The van der Waals surface area contributed by atoms with Crippen LogP contribution in [0.15, 0.2) is 115 Å². The molecule has 2 aliphatic carbocycles. The van der Waals surface area contributed by atoms with E-state index in [1.807, 2.05) is 70.0 Å². The van der Waals surface area contributed by atoms with Gasteiger partial charge in [0.15, 0.2) is 0 Å². The largest absolute Gasteiger partial charge is 0.423 e. The highest BCUT2D eigenvalue weighted by atomic mass is 32.2. The van der Waals surface area contributed by atoms with Gasteiger partial charge in [0.2, 0.25) is 0 Å². The van der Waals surface area contributed by atoms with E-state index in [9.17, 15) is 9.59 Å². The lowest BCUT2D eigenvalue weighted by atomic mass is 9.91. The van der Waals surface area contributed by atoms with Gasteiger partial charge in [-0.05, 0) is 133 Å². The first-order valence-electron chi connectivity index (χ1n) is 17.7. The van der Waals surface area contributed by atoms with Crippen molar-refractivity contribution in [3.63, 3.8) is 0 Å². The first kappa shape index (κ1) is 42.3. The van der Waals surface area contributed by atoms with Gasteiger partial charge in [-0.25, -0.2) is 9.59 Å². The molecule has 16 heteroatoms. The van der Waals surface area contributed by atoms with Crippen LogP contribution in [0.25, 0.3) is 32.7 Å². The van der Waals surface area contributed by atoms with Crippen molar-refractivity contribution in [1.29, 1.82) is 0 Å². The molecule has 58 heavy (non-hydrogen) atoms. The molecule has 0 aromatic heterocycles. The van der Waals surface area contributed by atoms with E-state index >= 15 is 0 Å². The summed E-state index contributed by atoms with van der Waals surface area (Å²) in [5.74, 6) is 0.369. The van der Waals surface area contributed by atoms with Crippen LogP contribution in [0, 0.1) is 0 Å². The molecule has 0 radical (unpaired) electrons. The Kier molecular flexibility index (Phi) is 13.7. The third kappa shape index (κ3) is 8.54. The molecule has 0 amide bonds. The van der Waals surface area contributed by atoms with Crippen molar-refractivity contribution in [1.82, 2.24) is 0 Å². The Morgan fingerprint density at radius 2 is 0.845 bits per heavy atom. The minimum atomic E-state index is -0.342. The van der Waals surface area contributed by atoms with Crippen LogP contribution in [-0.4, -0.2) is 37.0 Å². The number of carbonyl (C=O) groups is 2. The van der Waals surface area contributed by atoms with Crippen molar-refractivity contribution in [2.45, 2.75) is 25.7 Å². The maximum absolute atomic E-state index is 13.7. The van der Waals surface area contributed by atoms with E-state index in [0.717, 1.165) is 55.7 Å². The molecular formula is C42H32O4S12. The van der Waals surface area contributed by atoms with Crippen LogP contribution in [0.4, 0.5) is 0 Å². The summed E-state index contributed by atoms with van der Waals surface area (Å²) >= 11 is 20.2. The Bertz CT molecular complexity index is 2480. The lowest BCUT2D eigenvalue weighted by Gasteiger charge is -2.15. The second-order valence-corrected chi connectivity index (χ2v) is 25.1. The number of fused-ring (bicyclic) bond motifs is 2. The van der Waals surface area contributed by atoms with Crippen LogP contribution < -0.4 is 19.9 Å². The Morgan fingerprint density at radius 1 is 0.483 bits per heavy atom. The molecule has 296 valence electrons. The van der Waals surface area contributed by atoms with Crippen LogP contribution in [0.5, 0.6) is 11.5 Å². The molecule has 3 aromatic carbocycles. The van der Waals surface area contributed by atoms with Gasteiger partial charge in [-0.3, -0.25) is 0 Å². The third-order valence-corrected chi connectivity index (χ3v) is 23.6. The fraction of sp³-hybridized carbons (Fsp3) is 0.190. The summed E-state index contributed by atoms with van der Waals surface area (Å²) in [6.45, 7) is 0. The quantitative estimate of drug-likeness (QED) is 0.122. The lowest BCUT2D eigenvalue weighted by molar-refractivity contribution is -0.130. The Balaban J connectivity index is 1.18. The summed E-state index contributed by atoms with van der Waals surface area (Å²) in [7, 11) is 0. The molecule has 0 saturated heterocycles. The number of esters is 2. The molecule has 4 nitrogen and oxygen atoms in total. The molecule has 0 bridgehead atoms. The minimum Gasteiger partial charge on any atom is -0.423 e. The maximum atomic E-state index is 13.7. The third-order valence-electron chi connectivity index (χ3n) is 9.79. The van der Waals surface area contributed by atoms with Crippen LogP contribution in [-0.2, 0) is 9.59 Å². The SMILES string of the molecule is CSC1=C(SC)CC(=c2c3ccc(OC(=O)C4=CSC(=C5SC=CS5)S4)cc3c(=C3CC(SC)=C(SC)C3)c3ccc(OC(=O)C4=CSC(=C5SC=CS5)S4)cc23)C1. The van der Waals surface area contributed by atoms with Crippen molar-refractivity contribution in [3.05, 3.63) is 126 Å². The molecule has 0 N–H and O–H groups in total. The molecule has 0 atom stereocenters. The van der Waals surface area contributed by atoms with Crippen LogP contribution in [0.1, 0.15) is 25.7 Å². The van der Waals surface area contributed by atoms with Crippen molar-refractivity contribution in [2.24, 2.45) is 0 Å². The average molecular weight is 986 g/mol. The second-order valence-electron chi connectivity index (χ2n) is 12.9. The first-order valence-corrected chi connectivity index (χ1v) is 29.5. The van der Waals surface area contributed by atoms with Gasteiger partial charge in [0.1, 0.15) is 21.3 Å². The van der Waals surface area contributed by atoms with Gasteiger partial charge >= 0.3 is 11.9 Å². The van der Waals surface area contributed by atoms with E-state index in [-0.39, 0.29) is 11.9 Å². The molecule has 0 saturated carbocycles. The summed E-state index contributed by atoms with van der Waals surface area (Å²) < 4.78 is 17.0. The number of hydrogen-bond acceptors (Lipinski definition) is 16. The normalized spacial score (nSPS) is 19.4. The van der Waals surface area contributed by atoms with Crippen LogP contribution >= 0.6 is 141 Å². The second kappa shape index (κ2) is 18.8. The van der Waals surface area contributed by atoms with Crippen molar-refractivity contribution in [3.8, 4) is 11.5 Å². The topological polar surface area (TPSA) is 52.6 Å². The maximum Gasteiger partial charge on any atom is 0.350 e. The number of rotatable bonds is 8. The zero-order chi connectivity index (χ0) is 39.9. The van der Waals surface area contributed by atoms with E-state index < -0.39 is 0 Å². The molecule has 6 aliphatic rings. The molecule has 0 fully saturated rings. The number of benzene rings is 3. The first-order chi connectivity index (χ1) is 28.3. The molecule has 9 rings (SSSR count). The number of ether oxygens (including phenoxy) is 2. The fourth-order valence-electron chi connectivity index (χ4n) is 7.26. The Labute approximate surface area is 388 Å². The smallest absolute Gasteiger partial charge is 0.350 e. The van der Waals surface area contributed by atoms with Gasteiger partial charge in [0.25, 0.3) is 0 Å². The van der Waals surface area contributed by atoms with E-state index in [4.69, 9.17) is 9.47 Å². The monoisotopic (exact) mass is 984 g/mol. The zero-order valence-electron chi connectivity index (χ0n) is 31.3. The zero-order valence-corrected chi connectivity index (χ0v) is 41.1. The predicted octanol–water partition coefficient (Wildman–Crippen LogP) is 14.4. The molecule has 0 unspecified atom stereocenters. The van der Waals surface area contributed by atoms with Crippen molar-refractivity contribution < 1.29 is 19.1 Å². The van der Waals surface area contributed by atoms with Gasteiger partial charge in [0.05, 0.1) is 16.9 Å². The highest BCUT2D eigenvalue weighted by molar-refractivity contribution is 8.34. The van der Waals surface area contributed by atoms with Crippen molar-refractivity contribution in [2.75, 3.05) is 25.0 Å². The van der Waals surface area contributed by atoms with Gasteiger partial charge in [-0.2, -0.15) is 0 Å². The predicted molar refractivity (Wildman–Crippen MR) is 275 cm³/mol. The van der Waals surface area contributed by atoms with Gasteiger partial charge in [0, 0.05) is 25.7 Å². The lowest BCUT2D eigenvalue weighted by Crippen LogP contribution is -2.20. The Hall–Kier alpha value is -1.02. The summed E-state index contributed by atoms with van der Waals surface area (Å²) in [6.07, 6.45) is 12.1. The van der Waals surface area contributed by atoms with Crippen LogP contribution in [0.3, 0.4) is 0 Å². The minimum absolute atomic E-state index is 0.342. The molecule has 4 heterocycles. The average Bonchev–Trinajstić information content (AvgIpc) is 4.10. The number of allylic oxidation sites excluding steroid dienone is 4. The summed E-state index contributed by atoms with van der Waals surface area (Å²) in [5, 5.41) is 18.8. The number of carbonyl (C=O) groups excluding carboxylic acids is 2. The summed E-state index contributed by atoms with van der Waals surface area (Å²) in [4.78, 5) is 34.1. The van der Waals surface area contributed by atoms with Crippen LogP contribution in [0.2, 0.25) is 0 Å². The summed E-state index contributed by atoms with van der Waals surface area (Å²) in [6, 6.07) is 12.3. The van der Waals surface area contributed by atoms with Gasteiger partial charge in [-0.1, -0.05) is 117 Å². The van der Waals surface area contributed by atoms with Gasteiger partial charge < -0.3 is 9.47 Å². The fourth-order valence-corrected chi connectivity index (χ4v) is 19.4. The standard InChI is InChI=1S/C42H32O4S12/c1-47-29-13-21(14-30(29)48-2)35-25-7-5-24(46-38(44)34-20-56-42(58-34)40-53-11-12-54-40)18-28(25)36(22-15-31(49-3)32(16-22)50-4)26-8-6-23(17-27(26)35)45-37(43)33-19-55-41(57-33)39-51-9-10-52-39/h5-12,17-20H,13-16H2,1-4H3. The molecule has 4 aliphatic heterocycles. The Morgan fingerprint density at radius 3 is 1.19 bits per heavy atom. The molecular weight excluding hydrogens is 953 g/mol. The molecule has 3 aromatic rings. The van der Waals surface area contributed by atoms with E-state index in [0.29, 0.717) is 21.3 Å². The highest BCUT2D eigenvalue weighted by Crippen LogP contribution is 2.55. The van der Waals surface area contributed by atoms with E-state index in [1.54, 1.807) is 70.6 Å².